The number of hydrogen-bond donors (Lipinski definition) is 0. The van der Waals surface area contributed by atoms with Gasteiger partial charge >= 0.3 is 0 Å². The van der Waals surface area contributed by atoms with Crippen LogP contribution in [0.25, 0.3) is 0 Å². The number of piperazine rings is 1. The van der Waals surface area contributed by atoms with Crippen molar-refractivity contribution >= 4 is 37.8 Å². The molecule has 1 heterocycles. The van der Waals surface area contributed by atoms with Crippen LogP contribution in [0.2, 0.25) is 0 Å². The van der Waals surface area contributed by atoms with Gasteiger partial charge in [-0.2, -0.15) is 0 Å². The largest absolute Gasteiger partial charge is 0.336 e. The molecule has 104 valence electrons. The SMILES string of the molecule is O=C(c1ccc(Br)c(F)c1)N1CCN(CCBr)CC1. The van der Waals surface area contributed by atoms with Crippen molar-refractivity contribution in [2.45, 2.75) is 0 Å². The van der Waals surface area contributed by atoms with Crippen LogP contribution in [-0.4, -0.2) is 53.8 Å². The van der Waals surface area contributed by atoms with Gasteiger partial charge in [0.2, 0.25) is 0 Å². The summed E-state index contributed by atoms with van der Waals surface area (Å²) in [5.74, 6) is -0.492. The van der Waals surface area contributed by atoms with E-state index in [-0.39, 0.29) is 5.91 Å². The van der Waals surface area contributed by atoms with Gasteiger partial charge in [0.1, 0.15) is 5.82 Å². The maximum absolute atomic E-state index is 13.4. The first-order chi connectivity index (χ1) is 9.11. The highest BCUT2D eigenvalue weighted by Gasteiger charge is 2.22. The van der Waals surface area contributed by atoms with Gasteiger partial charge < -0.3 is 4.90 Å². The smallest absolute Gasteiger partial charge is 0.254 e. The van der Waals surface area contributed by atoms with Gasteiger partial charge in [-0.1, -0.05) is 15.9 Å². The molecule has 0 saturated carbocycles. The Bertz CT molecular complexity index is 462. The molecule has 0 radical (unpaired) electrons. The molecular formula is C13H15Br2FN2O. The number of carbonyl (C=O) groups is 1. The maximum atomic E-state index is 13.4. The van der Waals surface area contributed by atoms with E-state index < -0.39 is 5.82 Å². The lowest BCUT2D eigenvalue weighted by Crippen LogP contribution is -2.49. The zero-order valence-corrected chi connectivity index (χ0v) is 13.6. The highest BCUT2D eigenvalue weighted by molar-refractivity contribution is 9.10. The van der Waals surface area contributed by atoms with Gasteiger partial charge in [-0.05, 0) is 34.1 Å². The minimum Gasteiger partial charge on any atom is -0.336 e. The van der Waals surface area contributed by atoms with Gasteiger partial charge in [-0.3, -0.25) is 9.69 Å². The van der Waals surface area contributed by atoms with Crippen molar-refractivity contribution in [2.75, 3.05) is 38.1 Å². The molecule has 1 fully saturated rings. The molecule has 3 nitrogen and oxygen atoms in total. The summed E-state index contributed by atoms with van der Waals surface area (Å²) in [6.07, 6.45) is 0. The van der Waals surface area contributed by atoms with Crippen LogP contribution < -0.4 is 0 Å². The summed E-state index contributed by atoms with van der Waals surface area (Å²) < 4.78 is 13.8. The number of halogens is 3. The molecule has 1 saturated heterocycles. The van der Waals surface area contributed by atoms with Crippen molar-refractivity contribution in [3.8, 4) is 0 Å². The molecule has 0 atom stereocenters. The molecule has 0 aliphatic carbocycles. The zero-order chi connectivity index (χ0) is 13.8. The van der Waals surface area contributed by atoms with Crippen molar-refractivity contribution in [3.05, 3.63) is 34.1 Å². The summed E-state index contributed by atoms with van der Waals surface area (Å²) in [6, 6.07) is 4.52. The number of amides is 1. The third-order valence-corrected chi connectivity index (χ3v) is 4.22. The van der Waals surface area contributed by atoms with Gasteiger partial charge in [-0.15, -0.1) is 0 Å². The average molecular weight is 394 g/mol. The molecule has 0 N–H and O–H groups in total. The van der Waals surface area contributed by atoms with Crippen LogP contribution in [0.1, 0.15) is 10.4 Å². The first-order valence-corrected chi connectivity index (χ1v) is 8.06. The third-order valence-electron chi connectivity index (χ3n) is 3.23. The van der Waals surface area contributed by atoms with Crippen LogP contribution in [0.5, 0.6) is 0 Å². The lowest BCUT2D eigenvalue weighted by atomic mass is 10.1. The van der Waals surface area contributed by atoms with E-state index in [0.717, 1.165) is 25.0 Å². The monoisotopic (exact) mass is 392 g/mol. The summed E-state index contributed by atoms with van der Waals surface area (Å²) in [7, 11) is 0. The minimum atomic E-state index is -0.399. The van der Waals surface area contributed by atoms with E-state index in [1.54, 1.807) is 17.0 Å². The fourth-order valence-electron chi connectivity index (χ4n) is 2.11. The van der Waals surface area contributed by atoms with E-state index in [9.17, 15) is 9.18 Å². The molecule has 1 aromatic carbocycles. The Morgan fingerprint density at radius 3 is 2.53 bits per heavy atom. The second-order valence-electron chi connectivity index (χ2n) is 4.45. The molecule has 0 unspecified atom stereocenters. The summed E-state index contributed by atoms with van der Waals surface area (Å²) >= 11 is 6.50. The fourth-order valence-corrected chi connectivity index (χ4v) is 2.85. The average Bonchev–Trinajstić information content (AvgIpc) is 2.42. The highest BCUT2D eigenvalue weighted by Crippen LogP contribution is 2.18. The summed E-state index contributed by atoms with van der Waals surface area (Å²) in [4.78, 5) is 16.3. The van der Waals surface area contributed by atoms with Crippen molar-refractivity contribution in [1.82, 2.24) is 9.80 Å². The highest BCUT2D eigenvalue weighted by atomic mass is 79.9. The van der Waals surface area contributed by atoms with Crippen LogP contribution in [0, 0.1) is 5.82 Å². The Morgan fingerprint density at radius 2 is 1.95 bits per heavy atom. The van der Waals surface area contributed by atoms with E-state index in [4.69, 9.17) is 0 Å². The number of rotatable bonds is 3. The first kappa shape index (κ1) is 14.9. The molecule has 1 aromatic rings. The zero-order valence-electron chi connectivity index (χ0n) is 10.4. The van der Waals surface area contributed by atoms with Gasteiger partial charge in [0.05, 0.1) is 4.47 Å². The number of carbonyl (C=O) groups excluding carboxylic acids is 1. The van der Waals surface area contributed by atoms with Crippen LogP contribution in [0.4, 0.5) is 4.39 Å². The lowest BCUT2D eigenvalue weighted by molar-refractivity contribution is 0.0644. The number of nitrogens with zero attached hydrogens (tertiary/aromatic N) is 2. The molecular weight excluding hydrogens is 379 g/mol. The minimum absolute atomic E-state index is 0.0927. The molecule has 2 rings (SSSR count). The van der Waals surface area contributed by atoms with Crippen LogP contribution in [0.15, 0.2) is 22.7 Å². The van der Waals surface area contributed by atoms with Crippen LogP contribution in [0.3, 0.4) is 0 Å². The molecule has 0 spiro atoms. The Kier molecular flexibility index (Phi) is 5.36. The Labute approximate surface area is 129 Å². The number of benzene rings is 1. The standard InChI is InChI=1S/C13H15Br2FN2O/c14-3-4-17-5-7-18(8-6-17)13(19)10-1-2-11(15)12(16)9-10/h1-2,9H,3-8H2. The summed E-state index contributed by atoms with van der Waals surface area (Å²) in [6.45, 7) is 4.13. The van der Waals surface area contributed by atoms with Crippen LogP contribution >= 0.6 is 31.9 Å². The fraction of sp³-hybridized carbons (Fsp3) is 0.462. The molecule has 1 amide bonds. The molecule has 6 heteroatoms. The van der Waals surface area contributed by atoms with Crippen molar-refractivity contribution in [3.63, 3.8) is 0 Å². The third kappa shape index (κ3) is 3.77. The van der Waals surface area contributed by atoms with E-state index in [0.29, 0.717) is 23.1 Å². The molecule has 1 aliphatic rings. The summed E-state index contributed by atoms with van der Waals surface area (Å²) in [5.41, 5.74) is 0.412. The second-order valence-corrected chi connectivity index (χ2v) is 6.10. The summed E-state index contributed by atoms with van der Waals surface area (Å²) in [5, 5.41) is 0.943. The van der Waals surface area contributed by atoms with Gasteiger partial charge in [0, 0.05) is 43.6 Å². The quantitative estimate of drug-likeness (QED) is 0.737. The molecule has 1 aliphatic heterocycles. The van der Waals surface area contributed by atoms with Crippen molar-refractivity contribution in [2.24, 2.45) is 0 Å². The van der Waals surface area contributed by atoms with Crippen molar-refractivity contribution < 1.29 is 9.18 Å². The van der Waals surface area contributed by atoms with E-state index >= 15 is 0 Å². The Balaban J connectivity index is 1.99. The predicted molar refractivity (Wildman–Crippen MR) is 80.2 cm³/mol. The lowest BCUT2D eigenvalue weighted by Gasteiger charge is -2.34. The second kappa shape index (κ2) is 6.81. The van der Waals surface area contributed by atoms with E-state index in [1.165, 1.54) is 6.07 Å². The Morgan fingerprint density at radius 1 is 1.26 bits per heavy atom. The normalized spacial score (nSPS) is 16.7. The first-order valence-electron chi connectivity index (χ1n) is 6.14. The molecule has 0 aromatic heterocycles. The number of hydrogen-bond acceptors (Lipinski definition) is 2. The topological polar surface area (TPSA) is 23.6 Å². The predicted octanol–water partition coefficient (Wildman–Crippen LogP) is 2.74. The van der Waals surface area contributed by atoms with Crippen molar-refractivity contribution in [1.29, 1.82) is 0 Å². The van der Waals surface area contributed by atoms with Gasteiger partial charge in [0.25, 0.3) is 5.91 Å². The number of alkyl halides is 1. The maximum Gasteiger partial charge on any atom is 0.254 e. The van der Waals surface area contributed by atoms with Crippen LogP contribution in [-0.2, 0) is 0 Å². The Hall–Kier alpha value is -0.460. The van der Waals surface area contributed by atoms with E-state index in [2.05, 4.69) is 36.8 Å². The van der Waals surface area contributed by atoms with E-state index in [1.807, 2.05) is 0 Å². The molecule has 0 bridgehead atoms. The molecule has 19 heavy (non-hydrogen) atoms. The van der Waals surface area contributed by atoms with Gasteiger partial charge in [0.15, 0.2) is 0 Å². The van der Waals surface area contributed by atoms with Gasteiger partial charge in [-0.25, -0.2) is 4.39 Å².